The molecule has 0 aliphatic carbocycles. The zero-order valence-electron chi connectivity index (χ0n) is 38.9. The fraction of sp³-hybridized carbons (Fsp3) is 0.950. The third-order valence-electron chi connectivity index (χ3n) is 13.2. The van der Waals surface area contributed by atoms with Crippen LogP contribution >= 0.6 is 0 Å². The Morgan fingerprint density at radius 1 is 0.329 bits per heavy atom. The maximum absolute atomic E-state index is 12.4. The van der Waals surface area contributed by atoms with Crippen molar-refractivity contribution in [1.29, 1.82) is 0 Å². The van der Waals surface area contributed by atoms with E-state index in [9.17, 15) is 102 Å². The van der Waals surface area contributed by atoms with Gasteiger partial charge in [0.2, 0.25) is 11.8 Å². The molecule has 0 aromatic carbocycles. The fourth-order valence-electron chi connectivity index (χ4n) is 9.33. The summed E-state index contributed by atoms with van der Waals surface area (Å²) in [5, 5.41) is 196. The molecule has 6 aliphatic rings. The van der Waals surface area contributed by atoms with Crippen molar-refractivity contribution in [2.75, 3.05) is 39.6 Å². The van der Waals surface area contributed by atoms with E-state index in [1.54, 1.807) is 0 Å². The Kier molecular flexibility index (Phi) is 21.3. The smallest absolute Gasteiger partial charge is 0.217 e. The van der Waals surface area contributed by atoms with E-state index in [2.05, 4.69) is 10.6 Å². The fourth-order valence-corrected chi connectivity index (χ4v) is 9.33. The molecule has 424 valence electrons. The Labute approximate surface area is 413 Å². The van der Waals surface area contributed by atoms with Crippen LogP contribution in [0.25, 0.3) is 0 Å². The van der Waals surface area contributed by atoms with Crippen LogP contribution in [0.5, 0.6) is 0 Å². The van der Waals surface area contributed by atoms with Crippen molar-refractivity contribution in [2.45, 2.75) is 198 Å². The summed E-state index contributed by atoms with van der Waals surface area (Å²) in [4.78, 5) is 24.2. The summed E-state index contributed by atoms with van der Waals surface area (Å²) in [6.45, 7) is -3.60. The number of hydrogen-bond acceptors (Lipinski definition) is 31. The van der Waals surface area contributed by atoms with Crippen LogP contribution < -0.4 is 10.6 Å². The minimum Gasteiger partial charge on any atom is -0.394 e. The first kappa shape index (κ1) is 60.0. The molecule has 20 N–H and O–H groups in total. The van der Waals surface area contributed by atoms with Gasteiger partial charge < -0.3 is 155 Å². The largest absolute Gasteiger partial charge is 0.394 e. The van der Waals surface area contributed by atoms with Crippen LogP contribution in [0.15, 0.2) is 0 Å². The molecule has 0 aromatic heterocycles. The highest BCUT2D eigenvalue weighted by molar-refractivity contribution is 5.73. The lowest BCUT2D eigenvalue weighted by molar-refractivity contribution is -0.393. The SMILES string of the molecule is CC(=O)N[C@@H]1[C@@H](O)[C@H](O[C@@H]2O[C@H](CO)[C@@H](O[C@@H]3O[C@H](CO)[C@@H](O[C@H]4O[C@H](CO)[C@@H](O[C@H]5O[C@H](CO)[C@@H](O[C@H]6O[C@H](CO)[C@@H](O)[C@H](O)[C@@H]6O)[C@H](O)[C@@H]5O)[C@H](O)[C@@H]4O)[C@H](O)[C@@H]3O)[C@H](O)[C@H]2NC(C)=O)[C@@H](CO)O[C@H]1O. The number of carbonyl (C=O) groups is 2. The van der Waals surface area contributed by atoms with Crippen LogP contribution in [-0.2, 0) is 61.7 Å². The van der Waals surface area contributed by atoms with E-state index in [4.69, 9.17) is 52.1 Å². The summed E-state index contributed by atoms with van der Waals surface area (Å²) in [6.07, 6.45) is -52.3. The van der Waals surface area contributed by atoms with Gasteiger partial charge in [0, 0.05) is 13.8 Å². The second-order valence-electron chi connectivity index (χ2n) is 18.2. The monoisotopic (exact) mass is 1070 g/mol. The Morgan fingerprint density at radius 3 is 0.932 bits per heavy atom. The summed E-state index contributed by atoms with van der Waals surface area (Å²) in [5.74, 6) is -1.48. The molecule has 6 fully saturated rings. The van der Waals surface area contributed by atoms with Crippen molar-refractivity contribution in [2.24, 2.45) is 0 Å². The quantitative estimate of drug-likeness (QED) is 0.0606. The molecule has 2 amide bonds. The number of rotatable bonds is 18. The average Bonchev–Trinajstić information content (AvgIpc) is 3.36. The Morgan fingerprint density at radius 2 is 0.589 bits per heavy atom. The average molecular weight is 1070 g/mol. The molecular formula is C40H68N2O31. The molecule has 0 radical (unpaired) electrons. The first-order valence-corrected chi connectivity index (χ1v) is 23.1. The Hall–Kier alpha value is -2.22. The first-order chi connectivity index (χ1) is 34.5. The molecule has 73 heavy (non-hydrogen) atoms. The molecule has 30 atom stereocenters. The summed E-state index contributed by atoms with van der Waals surface area (Å²) in [5.41, 5.74) is 0. The second-order valence-corrected chi connectivity index (χ2v) is 18.2. The Balaban J connectivity index is 1.10. The molecule has 6 saturated heterocycles. The maximum Gasteiger partial charge on any atom is 0.217 e. The number of amides is 2. The van der Waals surface area contributed by atoms with E-state index in [1.807, 2.05) is 0 Å². The minimum absolute atomic E-state index is 0.694. The van der Waals surface area contributed by atoms with Crippen LogP contribution in [0.2, 0.25) is 0 Å². The van der Waals surface area contributed by atoms with Gasteiger partial charge in [-0.25, -0.2) is 0 Å². The van der Waals surface area contributed by atoms with Crippen LogP contribution in [-0.4, -0.2) is 327 Å². The van der Waals surface area contributed by atoms with Crippen molar-refractivity contribution >= 4 is 11.8 Å². The highest BCUT2D eigenvalue weighted by atomic mass is 16.8. The van der Waals surface area contributed by atoms with Gasteiger partial charge >= 0.3 is 0 Å². The highest BCUT2D eigenvalue weighted by Gasteiger charge is 2.58. The summed E-state index contributed by atoms with van der Waals surface area (Å²) in [7, 11) is 0. The molecule has 6 heterocycles. The lowest BCUT2D eigenvalue weighted by atomic mass is 9.94. The third kappa shape index (κ3) is 12.9. The number of aliphatic hydroxyl groups is 18. The van der Waals surface area contributed by atoms with Crippen LogP contribution in [0.1, 0.15) is 13.8 Å². The van der Waals surface area contributed by atoms with Gasteiger partial charge in [-0.15, -0.1) is 0 Å². The van der Waals surface area contributed by atoms with Gasteiger partial charge in [-0.05, 0) is 0 Å². The zero-order chi connectivity index (χ0) is 53.9. The van der Waals surface area contributed by atoms with E-state index < -0.39 is 236 Å². The molecule has 0 unspecified atom stereocenters. The van der Waals surface area contributed by atoms with Gasteiger partial charge in [0.1, 0.15) is 146 Å². The predicted octanol–water partition coefficient (Wildman–Crippen LogP) is -13.8. The third-order valence-corrected chi connectivity index (χ3v) is 13.2. The molecule has 0 saturated carbocycles. The van der Waals surface area contributed by atoms with Crippen molar-refractivity contribution in [3.63, 3.8) is 0 Å². The molecular weight excluding hydrogens is 1000 g/mol. The van der Waals surface area contributed by atoms with E-state index in [0.29, 0.717) is 0 Å². The summed E-state index contributed by atoms with van der Waals surface area (Å²) in [6, 6.07) is -3.16. The number of nitrogens with one attached hydrogen (secondary N) is 2. The molecule has 33 heteroatoms. The standard InChI is InChI=1S/C40H68N2O31/c1-9(49)41-17-20(52)30(12(4-44)63-35(17)62)69-36-18(42-10(2)50)21(53)31(13(5-45)65-36)70-38-27(59)23(55)33(15(7-47)66-38)72-40-29(61)25(57)34(16(8-48)68-40)73-39-28(60)24(56)32(14(6-46)67-39)71-37-26(58)22(54)19(51)11(3-43)64-37/h11-40,43-48,51-62H,3-8H2,1-2H3,(H,41,49)(H,42,50)/t11-,12-,13-,14-,15-,16-,17-,18-,19-,20-,21-,22+,23-,24-,25-,26+,27+,28+,29+,30-,31-,32-,33-,34-,35-,36+,37-,38+,39-,40-/m1/s1. The molecule has 0 spiro atoms. The van der Waals surface area contributed by atoms with E-state index >= 15 is 0 Å². The van der Waals surface area contributed by atoms with Crippen LogP contribution in [0, 0.1) is 0 Å². The topological polar surface area (TPSA) is 524 Å². The van der Waals surface area contributed by atoms with Crippen molar-refractivity contribution in [1.82, 2.24) is 10.6 Å². The minimum atomic E-state index is -2.19. The summed E-state index contributed by atoms with van der Waals surface area (Å²) < 4.78 is 61.9. The molecule has 0 bridgehead atoms. The molecule has 0 aromatic rings. The van der Waals surface area contributed by atoms with Gasteiger partial charge in [0.25, 0.3) is 0 Å². The number of ether oxygens (including phenoxy) is 11. The van der Waals surface area contributed by atoms with Gasteiger partial charge in [-0.2, -0.15) is 0 Å². The number of hydrogen-bond donors (Lipinski definition) is 20. The normalized spacial score (nSPS) is 49.8. The van der Waals surface area contributed by atoms with Gasteiger partial charge in [-0.3, -0.25) is 9.59 Å². The number of aliphatic hydroxyl groups excluding tert-OH is 18. The maximum atomic E-state index is 12.4. The van der Waals surface area contributed by atoms with Gasteiger partial charge in [-0.1, -0.05) is 0 Å². The van der Waals surface area contributed by atoms with E-state index in [-0.39, 0.29) is 0 Å². The Bertz CT molecular complexity index is 1740. The lowest BCUT2D eigenvalue weighted by Crippen LogP contribution is -2.70. The van der Waals surface area contributed by atoms with Crippen LogP contribution in [0.3, 0.4) is 0 Å². The van der Waals surface area contributed by atoms with Crippen LogP contribution in [0.4, 0.5) is 0 Å². The van der Waals surface area contributed by atoms with Crippen molar-refractivity contribution < 1.29 is 154 Å². The number of carbonyl (C=O) groups excluding carboxylic acids is 2. The first-order valence-electron chi connectivity index (χ1n) is 23.1. The molecule has 33 nitrogen and oxygen atoms in total. The lowest BCUT2D eigenvalue weighted by Gasteiger charge is -2.50. The molecule has 6 aliphatic heterocycles. The van der Waals surface area contributed by atoms with Crippen molar-refractivity contribution in [3.05, 3.63) is 0 Å². The van der Waals surface area contributed by atoms with Crippen molar-refractivity contribution in [3.8, 4) is 0 Å². The van der Waals surface area contributed by atoms with E-state index in [1.165, 1.54) is 0 Å². The predicted molar refractivity (Wildman–Crippen MR) is 222 cm³/mol. The second kappa shape index (κ2) is 26.0. The van der Waals surface area contributed by atoms with Gasteiger partial charge in [0.15, 0.2) is 37.7 Å². The highest BCUT2D eigenvalue weighted by Crippen LogP contribution is 2.37. The van der Waals surface area contributed by atoms with Gasteiger partial charge in [0.05, 0.1) is 39.6 Å². The van der Waals surface area contributed by atoms with E-state index in [0.717, 1.165) is 13.8 Å². The zero-order valence-corrected chi connectivity index (χ0v) is 38.9. The summed E-state index contributed by atoms with van der Waals surface area (Å²) >= 11 is 0. The molecule has 6 rings (SSSR count).